The molecule has 0 saturated carbocycles. The molecule has 1 aromatic carbocycles. The van der Waals surface area contributed by atoms with E-state index in [1.165, 1.54) is 11.6 Å². The molecular weight excluding hydrogens is 222 g/mol. The molecule has 1 aromatic heterocycles. The lowest BCUT2D eigenvalue weighted by Gasteiger charge is -2.06. The molecule has 0 atom stereocenters. The molecule has 0 aliphatic rings. The van der Waals surface area contributed by atoms with Gasteiger partial charge < -0.3 is 4.57 Å². The van der Waals surface area contributed by atoms with Crippen molar-refractivity contribution >= 4 is 11.6 Å². The highest BCUT2D eigenvalue weighted by molar-refractivity contribution is 6.30. The molecule has 0 amide bonds. The van der Waals surface area contributed by atoms with Crippen LogP contribution in [0.25, 0.3) is 0 Å². The van der Waals surface area contributed by atoms with Crippen molar-refractivity contribution in [1.29, 1.82) is 0 Å². The zero-order valence-electron chi connectivity index (χ0n) is 8.98. The SMILES string of the molecule is Cc1ccc(Cn2cc(Cl)ccc2=O)cc1. The molecule has 2 rings (SSSR count). The van der Waals surface area contributed by atoms with E-state index in [2.05, 4.69) is 0 Å². The Labute approximate surface area is 99.1 Å². The number of nitrogens with zero attached hydrogens (tertiary/aromatic N) is 1. The predicted molar refractivity (Wildman–Crippen MR) is 66.0 cm³/mol. The van der Waals surface area contributed by atoms with Crippen molar-refractivity contribution in [2.45, 2.75) is 13.5 Å². The van der Waals surface area contributed by atoms with Crippen LogP contribution in [0.1, 0.15) is 11.1 Å². The summed E-state index contributed by atoms with van der Waals surface area (Å²) in [4.78, 5) is 11.5. The van der Waals surface area contributed by atoms with Gasteiger partial charge in [0.15, 0.2) is 0 Å². The standard InChI is InChI=1S/C13H12ClNO/c1-10-2-4-11(5-3-10)8-15-9-12(14)6-7-13(15)16/h2-7,9H,8H2,1H3. The van der Waals surface area contributed by atoms with E-state index in [0.29, 0.717) is 11.6 Å². The summed E-state index contributed by atoms with van der Waals surface area (Å²) in [7, 11) is 0. The van der Waals surface area contributed by atoms with Crippen LogP contribution in [0.3, 0.4) is 0 Å². The van der Waals surface area contributed by atoms with Gasteiger partial charge in [0.2, 0.25) is 0 Å². The van der Waals surface area contributed by atoms with Gasteiger partial charge in [-0.25, -0.2) is 0 Å². The summed E-state index contributed by atoms with van der Waals surface area (Å²) in [5, 5.41) is 0.576. The van der Waals surface area contributed by atoms with Crippen molar-refractivity contribution in [2.75, 3.05) is 0 Å². The minimum Gasteiger partial charge on any atom is -0.310 e. The van der Waals surface area contributed by atoms with Crippen molar-refractivity contribution in [3.63, 3.8) is 0 Å². The molecule has 0 N–H and O–H groups in total. The van der Waals surface area contributed by atoms with Gasteiger partial charge in [-0.2, -0.15) is 0 Å². The van der Waals surface area contributed by atoms with Gasteiger partial charge in [-0.05, 0) is 18.6 Å². The van der Waals surface area contributed by atoms with Crippen molar-refractivity contribution in [3.05, 3.63) is 69.1 Å². The zero-order valence-corrected chi connectivity index (χ0v) is 9.74. The number of benzene rings is 1. The van der Waals surface area contributed by atoms with E-state index in [0.717, 1.165) is 5.56 Å². The molecule has 0 fully saturated rings. The number of pyridine rings is 1. The van der Waals surface area contributed by atoms with E-state index < -0.39 is 0 Å². The van der Waals surface area contributed by atoms with E-state index in [9.17, 15) is 4.79 Å². The molecule has 0 radical (unpaired) electrons. The predicted octanol–water partition coefficient (Wildman–Crippen LogP) is 2.86. The van der Waals surface area contributed by atoms with Gasteiger partial charge in [-0.3, -0.25) is 4.79 Å². The third-order valence-electron chi connectivity index (χ3n) is 2.42. The summed E-state index contributed by atoms with van der Waals surface area (Å²) in [6.45, 7) is 2.59. The zero-order chi connectivity index (χ0) is 11.5. The van der Waals surface area contributed by atoms with Crippen LogP contribution in [0.15, 0.2) is 47.4 Å². The maximum atomic E-state index is 11.5. The highest BCUT2D eigenvalue weighted by atomic mass is 35.5. The maximum absolute atomic E-state index is 11.5. The van der Waals surface area contributed by atoms with Gasteiger partial charge in [-0.15, -0.1) is 0 Å². The summed E-state index contributed by atoms with van der Waals surface area (Å²) >= 11 is 5.85. The Hall–Kier alpha value is -1.54. The lowest BCUT2D eigenvalue weighted by molar-refractivity contribution is 0.759. The van der Waals surface area contributed by atoms with Crippen LogP contribution in [-0.2, 0) is 6.54 Å². The Morgan fingerprint density at radius 3 is 2.50 bits per heavy atom. The normalized spacial score (nSPS) is 10.4. The minimum atomic E-state index is -0.0371. The third kappa shape index (κ3) is 2.52. The van der Waals surface area contributed by atoms with Crippen molar-refractivity contribution in [1.82, 2.24) is 4.57 Å². The first-order valence-electron chi connectivity index (χ1n) is 5.07. The third-order valence-corrected chi connectivity index (χ3v) is 2.64. The number of halogens is 1. The van der Waals surface area contributed by atoms with E-state index in [4.69, 9.17) is 11.6 Å². The fourth-order valence-electron chi connectivity index (χ4n) is 1.52. The Balaban J connectivity index is 2.30. The number of rotatable bonds is 2. The van der Waals surface area contributed by atoms with Gasteiger partial charge in [-0.1, -0.05) is 41.4 Å². The van der Waals surface area contributed by atoms with Crippen LogP contribution in [0.4, 0.5) is 0 Å². The van der Waals surface area contributed by atoms with E-state index in [1.807, 2.05) is 31.2 Å². The average molecular weight is 234 g/mol. The molecule has 2 aromatic rings. The smallest absolute Gasteiger partial charge is 0.250 e. The summed E-state index contributed by atoms with van der Waals surface area (Å²) in [5.41, 5.74) is 2.27. The highest BCUT2D eigenvalue weighted by Crippen LogP contribution is 2.07. The number of aromatic nitrogens is 1. The van der Waals surface area contributed by atoms with Crippen LogP contribution in [0.2, 0.25) is 5.02 Å². The fourth-order valence-corrected chi connectivity index (χ4v) is 1.70. The largest absolute Gasteiger partial charge is 0.310 e. The molecule has 2 nitrogen and oxygen atoms in total. The lowest BCUT2D eigenvalue weighted by Crippen LogP contribution is -2.18. The molecule has 1 heterocycles. The molecular formula is C13H12ClNO. The Morgan fingerprint density at radius 2 is 1.81 bits per heavy atom. The average Bonchev–Trinajstić information content (AvgIpc) is 2.27. The van der Waals surface area contributed by atoms with Crippen LogP contribution >= 0.6 is 11.6 Å². The van der Waals surface area contributed by atoms with Gasteiger partial charge in [0.1, 0.15) is 0 Å². The minimum absolute atomic E-state index is 0.0371. The molecule has 82 valence electrons. The molecule has 0 unspecified atom stereocenters. The van der Waals surface area contributed by atoms with E-state index in [-0.39, 0.29) is 5.56 Å². The molecule has 16 heavy (non-hydrogen) atoms. The van der Waals surface area contributed by atoms with Crippen molar-refractivity contribution in [3.8, 4) is 0 Å². The van der Waals surface area contributed by atoms with E-state index in [1.54, 1.807) is 16.8 Å². The molecule has 0 aliphatic carbocycles. The fraction of sp³-hybridized carbons (Fsp3) is 0.154. The monoisotopic (exact) mass is 233 g/mol. The summed E-state index contributed by atoms with van der Waals surface area (Å²) in [6, 6.07) is 11.2. The van der Waals surface area contributed by atoms with Gasteiger partial charge >= 0.3 is 0 Å². The highest BCUT2D eigenvalue weighted by Gasteiger charge is 1.98. The lowest BCUT2D eigenvalue weighted by atomic mass is 10.1. The van der Waals surface area contributed by atoms with Gasteiger partial charge in [0.05, 0.1) is 11.6 Å². The van der Waals surface area contributed by atoms with Gasteiger partial charge in [0, 0.05) is 12.3 Å². The van der Waals surface area contributed by atoms with E-state index >= 15 is 0 Å². The van der Waals surface area contributed by atoms with Crippen LogP contribution in [0.5, 0.6) is 0 Å². The second-order valence-corrected chi connectivity index (χ2v) is 4.24. The van der Waals surface area contributed by atoms with Crippen molar-refractivity contribution in [2.24, 2.45) is 0 Å². The summed E-state index contributed by atoms with van der Waals surface area (Å²) in [6.07, 6.45) is 1.66. The van der Waals surface area contributed by atoms with Crippen LogP contribution in [-0.4, -0.2) is 4.57 Å². The second-order valence-electron chi connectivity index (χ2n) is 3.80. The molecule has 3 heteroatoms. The Kier molecular flexibility index (Phi) is 3.11. The molecule has 0 aliphatic heterocycles. The van der Waals surface area contributed by atoms with Gasteiger partial charge in [0.25, 0.3) is 5.56 Å². The summed E-state index contributed by atoms with van der Waals surface area (Å²) < 4.78 is 1.60. The quantitative estimate of drug-likeness (QED) is 0.782. The van der Waals surface area contributed by atoms with Crippen molar-refractivity contribution < 1.29 is 0 Å². The molecule has 0 saturated heterocycles. The second kappa shape index (κ2) is 4.54. The first kappa shape index (κ1) is 11.0. The molecule has 0 bridgehead atoms. The Bertz CT molecular complexity index is 543. The number of aryl methyl sites for hydroxylation is 1. The first-order valence-corrected chi connectivity index (χ1v) is 5.44. The maximum Gasteiger partial charge on any atom is 0.250 e. The first-order chi connectivity index (χ1) is 7.65. The summed E-state index contributed by atoms with van der Waals surface area (Å²) in [5.74, 6) is 0. The molecule has 0 spiro atoms. The Morgan fingerprint density at radius 1 is 1.12 bits per heavy atom. The number of hydrogen-bond acceptors (Lipinski definition) is 1. The van der Waals surface area contributed by atoms with Crippen LogP contribution < -0.4 is 5.56 Å². The van der Waals surface area contributed by atoms with Crippen LogP contribution in [0, 0.1) is 6.92 Å². The topological polar surface area (TPSA) is 22.0 Å². The number of hydrogen-bond donors (Lipinski definition) is 0.